The average Bonchev–Trinajstić information content (AvgIpc) is 3.43. The van der Waals surface area contributed by atoms with Crippen LogP contribution in [0.5, 0.6) is 5.75 Å². The number of aromatic amines is 1. The van der Waals surface area contributed by atoms with Crippen molar-refractivity contribution in [2.45, 2.75) is 31.7 Å². The fourth-order valence-electron chi connectivity index (χ4n) is 4.57. The van der Waals surface area contributed by atoms with Crippen LogP contribution in [0.4, 0.5) is 11.4 Å². The summed E-state index contributed by atoms with van der Waals surface area (Å²) in [6.07, 6.45) is 6.33. The molecule has 8 heteroatoms. The summed E-state index contributed by atoms with van der Waals surface area (Å²) in [6, 6.07) is 7.39. The second-order valence-corrected chi connectivity index (χ2v) is 9.12. The van der Waals surface area contributed by atoms with E-state index < -0.39 is 0 Å². The summed E-state index contributed by atoms with van der Waals surface area (Å²) < 4.78 is 5.53. The van der Waals surface area contributed by atoms with Crippen LogP contribution in [0.3, 0.4) is 0 Å². The van der Waals surface area contributed by atoms with Crippen LogP contribution < -0.4 is 20.7 Å². The molecule has 0 aliphatic carbocycles. The number of rotatable bonds is 4. The van der Waals surface area contributed by atoms with Crippen molar-refractivity contribution in [3.8, 4) is 28.8 Å². The Labute approximate surface area is 203 Å². The number of amides is 1. The molecule has 2 aliphatic heterocycles. The number of halogens is 1. The van der Waals surface area contributed by atoms with Gasteiger partial charge in [-0.15, -0.1) is 0 Å². The van der Waals surface area contributed by atoms with E-state index in [4.69, 9.17) is 16.3 Å². The van der Waals surface area contributed by atoms with Gasteiger partial charge in [0.05, 0.1) is 45.9 Å². The molecule has 1 amide bonds. The number of methoxy groups -OCH3 is 1. The highest BCUT2D eigenvalue weighted by molar-refractivity contribution is 6.32. The summed E-state index contributed by atoms with van der Waals surface area (Å²) in [5.74, 6) is 7.12. The molecule has 4 heterocycles. The van der Waals surface area contributed by atoms with E-state index >= 15 is 0 Å². The van der Waals surface area contributed by atoms with Gasteiger partial charge in [-0.25, -0.2) is 0 Å². The summed E-state index contributed by atoms with van der Waals surface area (Å²) in [6.45, 7) is 3.68. The average molecular weight is 476 g/mol. The van der Waals surface area contributed by atoms with E-state index in [9.17, 15) is 4.79 Å². The first-order valence-corrected chi connectivity index (χ1v) is 11.7. The molecule has 0 saturated carbocycles. The monoisotopic (exact) mass is 475 g/mol. The number of H-pyrrole nitrogens is 1. The molecule has 7 nitrogen and oxygen atoms in total. The predicted molar refractivity (Wildman–Crippen MR) is 134 cm³/mol. The molecule has 1 saturated heterocycles. The molecule has 34 heavy (non-hydrogen) atoms. The van der Waals surface area contributed by atoms with Crippen molar-refractivity contribution < 1.29 is 9.53 Å². The maximum absolute atomic E-state index is 12.9. The highest BCUT2D eigenvalue weighted by atomic mass is 35.5. The Bertz CT molecular complexity index is 1310. The quantitative estimate of drug-likeness (QED) is 0.423. The van der Waals surface area contributed by atoms with Gasteiger partial charge in [-0.3, -0.25) is 9.78 Å². The van der Waals surface area contributed by atoms with E-state index in [-0.39, 0.29) is 11.4 Å². The minimum absolute atomic E-state index is 0.128. The van der Waals surface area contributed by atoms with Gasteiger partial charge < -0.3 is 25.7 Å². The van der Waals surface area contributed by atoms with E-state index in [1.807, 2.05) is 18.2 Å². The maximum atomic E-state index is 12.9. The van der Waals surface area contributed by atoms with Crippen LogP contribution in [0.2, 0.25) is 5.02 Å². The minimum Gasteiger partial charge on any atom is -0.493 e. The number of fused-ring (bicyclic) bond motifs is 1. The van der Waals surface area contributed by atoms with Crippen LogP contribution in [0.25, 0.3) is 11.3 Å². The van der Waals surface area contributed by atoms with Crippen molar-refractivity contribution in [2.75, 3.05) is 25.5 Å². The number of ether oxygens (including phenoxy) is 1. The number of nitrogens with one attached hydrogen (secondary N) is 4. The summed E-state index contributed by atoms with van der Waals surface area (Å²) in [4.78, 5) is 20.7. The molecule has 5 rings (SSSR count). The molecule has 1 aromatic carbocycles. The maximum Gasteiger partial charge on any atom is 0.255 e. The SMILES string of the molecule is COc1c(Cl)cccc1Nc1c(-c2ccncc2C#C[C@]2(C)CCCN2)[nH]c2c1C(=O)NCC2. The number of benzene rings is 1. The van der Waals surface area contributed by atoms with E-state index in [0.717, 1.165) is 41.9 Å². The van der Waals surface area contributed by atoms with Crippen LogP contribution in [0.15, 0.2) is 36.7 Å². The van der Waals surface area contributed by atoms with Crippen LogP contribution in [0.1, 0.15) is 41.4 Å². The normalized spacial score (nSPS) is 19.1. The van der Waals surface area contributed by atoms with Crippen LogP contribution >= 0.6 is 11.6 Å². The number of nitrogens with zero attached hydrogens (tertiary/aromatic N) is 1. The lowest BCUT2D eigenvalue weighted by Gasteiger charge is -2.17. The topological polar surface area (TPSA) is 91.1 Å². The van der Waals surface area contributed by atoms with Crippen LogP contribution in [0, 0.1) is 11.8 Å². The molecule has 1 atom stereocenters. The molecule has 2 aromatic heterocycles. The van der Waals surface area contributed by atoms with Gasteiger partial charge >= 0.3 is 0 Å². The molecule has 0 spiro atoms. The molecule has 1 fully saturated rings. The second kappa shape index (κ2) is 9.05. The van der Waals surface area contributed by atoms with Crippen molar-refractivity contribution in [1.82, 2.24) is 20.6 Å². The van der Waals surface area contributed by atoms with Gasteiger partial charge in [-0.1, -0.05) is 29.5 Å². The van der Waals surface area contributed by atoms with Crippen molar-refractivity contribution >= 4 is 28.9 Å². The number of hydrogen-bond donors (Lipinski definition) is 4. The van der Waals surface area contributed by atoms with E-state index in [1.165, 1.54) is 0 Å². The van der Waals surface area contributed by atoms with Crippen molar-refractivity contribution in [2.24, 2.45) is 0 Å². The van der Waals surface area contributed by atoms with E-state index in [0.29, 0.717) is 40.7 Å². The number of pyridine rings is 1. The van der Waals surface area contributed by atoms with Gasteiger partial charge in [0.1, 0.15) is 0 Å². The van der Waals surface area contributed by atoms with Crippen molar-refractivity contribution in [3.63, 3.8) is 0 Å². The molecule has 174 valence electrons. The molecular weight excluding hydrogens is 450 g/mol. The molecule has 3 aromatic rings. The smallest absolute Gasteiger partial charge is 0.255 e. The molecule has 0 bridgehead atoms. The Morgan fingerprint density at radius 3 is 2.94 bits per heavy atom. The minimum atomic E-state index is -0.211. The Hall–Kier alpha value is -3.47. The number of hydrogen-bond acceptors (Lipinski definition) is 5. The van der Waals surface area contributed by atoms with E-state index in [1.54, 1.807) is 25.6 Å². The third-order valence-corrected chi connectivity index (χ3v) is 6.63. The predicted octanol–water partition coefficient (Wildman–Crippen LogP) is 4.26. The molecule has 2 aliphatic rings. The van der Waals surface area contributed by atoms with E-state index in [2.05, 4.69) is 44.7 Å². The number of para-hydroxylation sites is 1. The fourth-order valence-corrected chi connectivity index (χ4v) is 4.83. The van der Waals surface area contributed by atoms with Crippen LogP contribution in [-0.4, -0.2) is 41.6 Å². The summed E-state index contributed by atoms with van der Waals surface area (Å²) in [5, 5.41) is 10.3. The lowest BCUT2D eigenvalue weighted by molar-refractivity contribution is 0.0947. The first kappa shape index (κ1) is 22.3. The number of carbonyl (C=O) groups is 1. The zero-order valence-electron chi connectivity index (χ0n) is 19.1. The number of anilines is 2. The Morgan fingerprint density at radius 1 is 1.26 bits per heavy atom. The Morgan fingerprint density at radius 2 is 2.15 bits per heavy atom. The van der Waals surface area contributed by atoms with Gasteiger partial charge in [-0.05, 0) is 44.5 Å². The second-order valence-electron chi connectivity index (χ2n) is 8.71. The highest BCUT2D eigenvalue weighted by Crippen LogP contribution is 2.41. The van der Waals surface area contributed by atoms with Gasteiger partial charge in [-0.2, -0.15) is 0 Å². The van der Waals surface area contributed by atoms with Gasteiger partial charge in [0.2, 0.25) is 0 Å². The largest absolute Gasteiger partial charge is 0.493 e. The standard InChI is InChI=1S/C26H26ClN5O2/c1-26(10-4-12-30-26)11-7-16-15-28-13-8-17(16)22-23(21-19(31-22)9-14-29-25(21)33)32-20-6-3-5-18(27)24(20)34-2/h3,5-6,8,13,15,30-32H,4,9-10,12,14H2,1-2H3,(H,29,33)/t26-/m0/s1. The van der Waals surface area contributed by atoms with Crippen molar-refractivity contribution in [1.29, 1.82) is 0 Å². The molecule has 0 unspecified atom stereocenters. The Kier molecular flexibility index (Phi) is 5.94. The zero-order chi connectivity index (χ0) is 23.7. The molecule has 0 radical (unpaired) electrons. The lowest BCUT2D eigenvalue weighted by Crippen LogP contribution is -2.34. The Balaban J connectivity index is 1.65. The van der Waals surface area contributed by atoms with Gasteiger partial charge in [0.25, 0.3) is 5.91 Å². The third-order valence-electron chi connectivity index (χ3n) is 6.33. The molecule has 4 N–H and O–H groups in total. The summed E-state index contributed by atoms with van der Waals surface area (Å²) >= 11 is 6.36. The first-order valence-electron chi connectivity index (χ1n) is 11.3. The number of carbonyl (C=O) groups excluding carboxylic acids is 1. The van der Waals surface area contributed by atoms with Crippen molar-refractivity contribution in [3.05, 3.63) is 58.5 Å². The lowest BCUT2D eigenvalue weighted by atomic mass is 9.99. The first-order chi connectivity index (χ1) is 16.5. The highest BCUT2D eigenvalue weighted by Gasteiger charge is 2.29. The summed E-state index contributed by atoms with van der Waals surface area (Å²) in [5.41, 5.74) is 5.02. The third kappa shape index (κ3) is 4.11. The van der Waals surface area contributed by atoms with Gasteiger partial charge in [0, 0.05) is 36.6 Å². The fraction of sp³-hybridized carbons (Fsp3) is 0.308. The molecular formula is C26H26ClN5O2. The van der Waals surface area contributed by atoms with Gasteiger partial charge in [0.15, 0.2) is 5.75 Å². The zero-order valence-corrected chi connectivity index (χ0v) is 19.9. The number of aromatic nitrogens is 2. The van der Waals surface area contributed by atoms with Crippen LogP contribution in [-0.2, 0) is 6.42 Å². The summed E-state index contributed by atoms with van der Waals surface area (Å²) in [7, 11) is 1.57.